The van der Waals surface area contributed by atoms with E-state index < -0.39 is 18.0 Å². The summed E-state index contributed by atoms with van der Waals surface area (Å²) in [6, 6.07) is 0. The number of aliphatic hydroxyl groups excluding tert-OH is 5. The van der Waals surface area contributed by atoms with Crippen molar-refractivity contribution in [2.75, 3.05) is 82.3 Å². The molecule has 0 spiro atoms. The smallest absolute Gasteiger partial charge is 0.306 e. The molecule has 0 fully saturated rings. The average molecular weight is 679 g/mol. The first-order valence-electron chi connectivity index (χ1n) is 13.9. The Kier molecular flexibility index (Phi) is 49.5. The molecule has 0 radical (unpaired) electrons. The standard InChI is InChI=1S/C8H14O4.C7H12O4.C6H10O4.C4H10O3.C3H8O3/c1-11-7(9)5-3-4-6-8(10)12-2;1-10-6(8)4-3-5-7(9)11-2;1-9-5(7)3-4-6(8)10-2;5-1-3-7-4-2-6;4-1-3(6)2-5/h3-6H2,1-2H3;3-5H2,1-2H3;3-4H2,1-2H3;5-6H,1-4H2;3-6H,1-2H2. The van der Waals surface area contributed by atoms with E-state index in [1.165, 1.54) is 42.7 Å². The largest absolute Gasteiger partial charge is 0.469 e. The highest BCUT2D eigenvalue weighted by molar-refractivity contribution is 5.77. The molecule has 0 rings (SSSR count). The molecule has 0 heterocycles. The number of rotatable bonds is 18. The maximum atomic E-state index is 10.6. The first-order valence-corrected chi connectivity index (χ1v) is 13.9. The molecule has 0 amide bonds. The third kappa shape index (κ3) is 53.2. The van der Waals surface area contributed by atoms with E-state index in [-0.39, 0.29) is 76.0 Å². The zero-order chi connectivity index (χ0) is 36.6. The van der Waals surface area contributed by atoms with Gasteiger partial charge >= 0.3 is 35.8 Å². The van der Waals surface area contributed by atoms with Crippen LogP contribution < -0.4 is 0 Å². The van der Waals surface area contributed by atoms with Crippen LogP contribution in [0, 0.1) is 0 Å². The highest BCUT2D eigenvalue weighted by Gasteiger charge is 2.05. The quantitative estimate of drug-likeness (QED) is 0.0649. The van der Waals surface area contributed by atoms with Crippen molar-refractivity contribution < 1.29 is 87.5 Å². The van der Waals surface area contributed by atoms with Crippen molar-refractivity contribution in [3.8, 4) is 0 Å². The van der Waals surface area contributed by atoms with E-state index in [2.05, 4.69) is 33.2 Å². The van der Waals surface area contributed by atoms with Crippen molar-refractivity contribution in [2.45, 2.75) is 63.9 Å². The first kappa shape index (κ1) is 52.1. The molecule has 18 nitrogen and oxygen atoms in total. The van der Waals surface area contributed by atoms with Crippen LogP contribution in [0.5, 0.6) is 0 Å². The van der Waals surface area contributed by atoms with Crippen molar-refractivity contribution in [2.24, 2.45) is 0 Å². The van der Waals surface area contributed by atoms with Crippen molar-refractivity contribution in [1.82, 2.24) is 0 Å². The van der Waals surface area contributed by atoms with Gasteiger partial charge in [0.05, 0.1) is 95.1 Å². The van der Waals surface area contributed by atoms with E-state index in [4.69, 9.17) is 25.5 Å². The number of hydrogen-bond acceptors (Lipinski definition) is 18. The molecule has 0 saturated carbocycles. The van der Waals surface area contributed by atoms with E-state index in [1.807, 2.05) is 0 Å². The second kappa shape index (κ2) is 43.7. The highest BCUT2D eigenvalue weighted by Crippen LogP contribution is 2.01. The Hall–Kier alpha value is -3.42. The van der Waals surface area contributed by atoms with Gasteiger partial charge in [0.2, 0.25) is 0 Å². The molecule has 0 aliphatic carbocycles. The molecule has 0 aromatic heterocycles. The molecule has 0 saturated heterocycles. The number of unbranched alkanes of at least 4 members (excludes halogenated alkanes) is 1. The van der Waals surface area contributed by atoms with E-state index in [0.717, 1.165) is 0 Å². The lowest BCUT2D eigenvalue weighted by molar-refractivity contribution is -0.147. The minimum atomic E-state index is -0.954. The van der Waals surface area contributed by atoms with Crippen molar-refractivity contribution >= 4 is 35.8 Å². The lowest BCUT2D eigenvalue weighted by atomic mass is 10.2. The molecule has 0 atom stereocenters. The summed E-state index contributed by atoms with van der Waals surface area (Å²) >= 11 is 0. The number of carbonyl (C=O) groups is 6. The normalized spacial score (nSPS) is 9.13. The van der Waals surface area contributed by atoms with Gasteiger partial charge in [0, 0.05) is 25.7 Å². The molecular weight excluding hydrogens is 624 g/mol. The van der Waals surface area contributed by atoms with E-state index >= 15 is 0 Å². The van der Waals surface area contributed by atoms with Gasteiger partial charge in [-0.05, 0) is 19.3 Å². The van der Waals surface area contributed by atoms with Crippen LogP contribution >= 0.6 is 0 Å². The van der Waals surface area contributed by atoms with Gasteiger partial charge < -0.3 is 58.7 Å². The molecule has 274 valence electrons. The molecule has 5 N–H and O–H groups in total. The lowest BCUT2D eigenvalue weighted by Gasteiger charge is -1.98. The topological polar surface area (TPSA) is 268 Å². The highest BCUT2D eigenvalue weighted by atomic mass is 16.5. The number of ether oxygens (including phenoxy) is 7. The number of hydrogen-bond donors (Lipinski definition) is 5. The Bertz CT molecular complexity index is 686. The average Bonchev–Trinajstić information content (AvgIpc) is 3.09. The molecular formula is C28H54O18. The van der Waals surface area contributed by atoms with Crippen LogP contribution in [0.3, 0.4) is 0 Å². The summed E-state index contributed by atoms with van der Waals surface area (Å²) in [7, 11) is 7.89. The maximum Gasteiger partial charge on any atom is 0.306 e. The summed E-state index contributed by atoms with van der Waals surface area (Å²) in [6.45, 7) is -0.0336. The van der Waals surface area contributed by atoms with Gasteiger partial charge in [-0.2, -0.15) is 0 Å². The van der Waals surface area contributed by atoms with E-state index in [0.29, 0.717) is 45.3 Å². The van der Waals surface area contributed by atoms with E-state index in [1.54, 1.807) is 0 Å². The molecule has 46 heavy (non-hydrogen) atoms. The van der Waals surface area contributed by atoms with Gasteiger partial charge in [-0.25, -0.2) is 0 Å². The van der Waals surface area contributed by atoms with Crippen LogP contribution in [-0.2, 0) is 61.9 Å². The van der Waals surface area contributed by atoms with Crippen LogP contribution in [0.1, 0.15) is 57.8 Å². The Labute approximate surface area is 269 Å². The fourth-order valence-electron chi connectivity index (χ4n) is 2.02. The summed E-state index contributed by atoms with van der Waals surface area (Å²) in [4.78, 5) is 63.0. The number of carbonyl (C=O) groups excluding carboxylic acids is 6. The predicted octanol–water partition coefficient (Wildman–Crippen LogP) is -1.17. The molecule has 18 heteroatoms. The molecule has 0 unspecified atom stereocenters. The van der Waals surface area contributed by atoms with Crippen LogP contribution in [0.25, 0.3) is 0 Å². The minimum Gasteiger partial charge on any atom is -0.469 e. The van der Waals surface area contributed by atoms with Crippen molar-refractivity contribution in [3.63, 3.8) is 0 Å². The number of methoxy groups -OCH3 is 6. The summed E-state index contributed by atoms with van der Waals surface area (Å²) in [5.74, 6) is -1.86. The second-order valence-electron chi connectivity index (χ2n) is 8.10. The second-order valence-corrected chi connectivity index (χ2v) is 8.10. The van der Waals surface area contributed by atoms with Gasteiger partial charge in [-0.3, -0.25) is 28.8 Å². The van der Waals surface area contributed by atoms with Gasteiger partial charge in [0.25, 0.3) is 0 Å². The van der Waals surface area contributed by atoms with Crippen LogP contribution in [-0.4, -0.2) is 150 Å². The van der Waals surface area contributed by atoms with Gasteiger partial charge in [-0.15, -0.1) is 0 Å². The van der Waals surface area contributed by atoms with Crippen molar-refractivity contribution in [3.05, 3.63) is 0 Å². The van der Waals surface area contributed by atoms with Gasteiger partial charge in [0.15, 0.2) is 0 Å². The summed E-state index contributed by atoms with van der Waals surface area (Å²) in [5, 5.41) is 40.2. The molecule has 0 aromatic rings. The maximum absolute atomic E-state index is 10.6. The first-order chi connectivity index (χ1) is 21.8. The van der Waals surface area contributed by atoms with E-state index in [9.17, 15) is 28.8 Å². The lowest BCUT2D eigenvalue weighted by Crippen LogP contribution is -2.15. The molecule has 0 aliphatic heterocycles. The monoisotopic (exact) mass is 678 g/mol. The van der Waals surface area contributed by atoms with Crippen LogP contribution in [0.4, 0.5) is 0 Å². The van der Waals surface area contributed by atoms with Crippen LogP contribution in [0.2, 0.25) is 0 Å². The van der Waals surface area contributed by atoms with Crippen molar-refractivity contribution in [1.29, 1.82) is 0 Å². The van der Waals surface area contributed by atoms with Crippen LogP contribution in [0.15, 0.2) is 0 Å². The Morgan fingerprint density at radius 3 is 0.870 bits per heavy atom. The zero-order valence-electron chi connectivity index (χ0n) is 27.7. The Morgan fingerprint density at radius 1 is 0.435 bits per heavy atom. The number of esters is 6. The SMILES string of the molecule is COC(=O)CCC(=O)OC.COC(=O)CCCC(=O)OC.COC(=O)CCCCC(=O)OC.OCC(O)CO.OCCOCCO. The molecule has 0 aliphatic rings. The van der Waals surface area contributed by atoms with Gasteiger partial charge in [0.1, 0.15) is 6.10 Å². The Balaban J connectivity index is -0.000000156. The summed E-state index contributed by atoms with van der Waals surface area (Å²) < 4.78 is 30.8. The minimum absolute atomic E-state index is 0.0278. The molecule has 0 aromatic carbocycles. The fourth-order valence-corrected chi connectivity index (χ4v) is 2.02. The zero-order valence-corrected chi connectivity index (χ0v) is 27.7. The summed E-state index contributed by atoms with van der Waals surface area (Å²) in [5.41, 5.74) is 0. The van der Waals surface area contributed by atoms with Gasteiger partial charge in [-0.1, -0.05) is 0 Å². The fraction of sp³-hybridized carbons (Fsp3) is 0.786. The third-order valence-electron chi connectivity index (χ3n) is 4.57. The third-order valence-corrected chi connectivity index (χ3v) is 4.57. The summed E-state index contributed by atoms with van der Waals surface area (Å²) in [6.07, 6.45) is 2.32. The number of aliphatic hydroxyl groups is 5. The predicted molar refractivity (Wildman–Crippen MR) is 159 cm³/mol. The Morgan fingerprint density at radius 2 is 0.674 bits per heavy atom. The molecule has 0 bridgehead atoms.